The molecule has 0 spiro atoms. The minimum absolute atomic E-state index is 0.0960. The fourth-order valence-corrected chi connectivity index (χ4v) is 3.40. The van der Waals surface area contributed by atoms with Gasteiger partial charge in [0.15, 0.2) is 0 Å². The largest absolute Gasteiger partial charge is 0.264 e. The van der Waals surface area contributed by atoms with Gasteiger partial charge < -0.3 is 0 Å². The molecule has 3 atom stereocenters. The fourth-order valence-electron chi connectivity index (χ4n) is 3.40. The maximum absolute atomic E-state index is 11.2. The predicted molar refractivity (Wildman–Crippen MR) is 72.9 cm³/mol. The Morgan fingerprint density at radius 2 is 2.17 bits per heavy atom. The Kier molecular flexibility index (Phi) is 3.88. The third-order valence-corrected chi connectivity index (χ3v) is 4.35. The van der Waals surface area contributed by atoms with Crippen LogP contribution in [0, 0.1) is 27.9 Å². The Morgan fingerprint density at radius 1 is 1.44 bits per heavy atom. The highest BCUT2D eigenvalue weighted by molar-refractivity contribution is 5.35. The zero-order chi connectivity index (χ0) is 13.3. The highest BCUT2D eigenvalue weighted by Gasteiger charge is 2.36. The molecular formula is C15H23NO2. The first-order chi connectivity index (χ1) is 8.49. The SMILES string of the molecule is CC(C)CC1CC2=C(C=CCC2[N+](=O)[O-])CC1C. The second kappa shape index (κ2) is 5.25. The molecule has 0 saturated carbocycles. The number of nitrogens with zero attached hydrogens (tertiary/aromatic N) is 1. The van der Waals surface area contributed by atoms with Crippen molar-refractivity contribution in [3.05, 3.63) is 33.4 Å². The molecule has 0 fully saturated rings. The second-order valence-corrected chi connectivity index (χ2v) is 6.26. The lowest BCUT2D eigenvalue weighted by atomic mass is 9.70. The maximum Gasteiger partial charge on any atom is 0.238 e. The average molecular weight is 249 g/mol. The molecule has 0 heterocycles. The van der Waals surface area contributed by atoms with Crippen LogP contribution in [-0.4, -0.2) is 11.0 Å². The van der Waals surface area contributed by atoms with E-state index in [2.05, 4.69) is 26.8 Å². The normalized spacial score (nSPS) is 31.7. The summed E-state index contributed by atoms with van der Waals surface area (Å²) in [6.07, 6.45) is 7.82. The van der Waals surface area contributed by atoms with Crippen LogP contribution < -0.4 is 0 Å². The minimum Gasteiger partial charge on any atom is -0.264 e. The van der Waals surface area contributed by atoms with Gasteiger partial charge in [0.1, 0.15) is 0 Å². The predicted octanol–water partition coefficient (Wildman–Crippen LogP) is 3.98. The van der Waals surface area contributed by atoms with Crippen LogP contribution in [0.3, 0.4) is 0 Å². The number of nitro groups is 1. The first-order valence-electron chi connectivity index (χ1n) is 7.01. The molecule has 2 aliphatic rings. The van der Waals surface area contributed by atoms with Crippen molar-refractivity contribution in [2.45, 2.75) is 52.5 Å². The molecule has 0 radical (unpaired) electrons. The van der Waals surface area contributed by atoms with E-state index in [-0.39, 0.29) is 4.92 Å². The van der Waals surface area contributed by atoms with E-state index in [1.54, 1.807) is 0 Å². The van der Waals surface area contributed by atoms with Crippen molar-refractivity contribution in [1.29, 1.82) is 0 Å². The van der Waals surface area contributed by atoms with Crippen molar-refractivity contribution >= 4 is 0 Å². The summed E-state index contributed by atoms with van der Waals surface area (Å²) in [5.74, 6) is 1.95. The van der Waals surface area contributed by atoms with Crippen molar-refractivity contribution in [2.75, 3.05) is 0 Å². The molecule has 18 heavy (non-hydrogen) atoms. The first-order valence-corrected chi connectivity index (χ1v) is 7.01. The number of hydrogen-bond acceptors (Lipinski definition) is 2. The summed E-state index contributed by atoms with van der Waals surface area (Å²) in [6.45, 7) is 6.77. The topological polar surface area (TPSA) is 43.1 Å². The van der Waals surface area contributed by atoms with E-state index in [9.17, 15) is 10.1 Å². The summed E-state index contributed by atoms with van der Waals surface area (Å²) in [7, 11) is 0. The molecule has 0 aliphatic heterocycles. The van der Waals surface area contributed by atoms with Crippen molar-refractivity contribution in [2.24, 2.45) is 17.8 Å². The molecule has 2 rings (SSSR count). The molecule has 0 aromatic carbocycles. The van der Waals surface area contributed by atoms with Crippen molar-refractivity contribution in [3.8, 4) is 0 Å². The van der Waals surface area contributed by atoms with E-state index in [0.717, 1.165) is 18.4 Å². The van der Waals surface area contributed by atoms with Gasteiger partial charge in [-0.1, -0.05) is 32.9 Å². The molecule has 0 amide bonds. The van der Waals surface area contributed by atoms with Gasteiger partial charge in [-0.2, -0.15) is 0 Å². The third-order valence-electron chi connectivity index (χ3n) is 4.35. The average Bonchev–Trinajstić information content (AvgIpc) is 2.28. The summed E-state index contributed by atoms with van der Waals surface area (Å²) < 4.78 is 0. The number of rotatable bonds is 3. The van der Waals surface area contributed by atoms with Crippen molar-refractivity contribution in [1.82, 2.24) is 0 Å². The summed E-state index contributed by atoms with van der Waals surface area (Å²) in [5.41, 5.74) is 2.36. The van der Waals surface area contributed by atoms with Crippen LogP contribution in [0.5, 0.6) is 0 Å². The van der Waals surface area contributed by atoms with Crippen LogP contribution in [0.1, 0.15) is 46.5 Å². The standard InChI is InChI=1S/C15H23NO2/c1-10(2)7-13-9-14-12(8-11(13)3)5-4-6-15(14)16(17)18/h4-5,10-11,13,15H,6-9H2,1-3H3. The maximum atomic E-state index is 11.2. The van der Waals surface area contributed by atoms with E-state index in [4.69, 9.17) is 0 Å². The Hall–Kier alpha value is -1.12. The van der Waals surface area contributed by atoms with Gasteiger partial charge in [0, 0.05) is 16.9 Å². The Balaban J connectivity index is 2.21. The molecule has 3 heteroatoms. The molecule has 2 aliphatic carbocycles. The number of allylic oxidation sites excluding steroid dienone is 2. The van der Waals surface area contributed by atoms with Crippen molar-refractivity contribution in [3.63, 3.8) is 0 Å². The highest BCUT2D eigenvalue weighted by Crippen LogP contribution is 2.41. The summed E-state index contributed by atoms with van der Waals surface area (Å²) >= 11 is 0. The van der Waals surface area contributed by atoms with Gasteiger partial charge in [-0.05, 0) is 42.6 Å². The molecule has 0 bridgehead atoms. The molecule has 0 N–H and O–H groups in total. The molecule has 3 unspecified atom stereocenters. The smallest absolute Gasteiger partial charge is 0.238 e. The van der Waals surface area contributed by atoms with Crippen LogP contribution in [0.4, 0.5) is 0 Å². The quantitative estimate of drug-likeness (QED) is 0.561. The lowest BCUT2D eigenvalue weighted by Gasteiger charge is -2.35. The molecular weight excluding hydrogens is 226 g/mol. The zero-order valence-electron chi connectivity index (χ0n) is 11.6. The van der Waals surface area contributed by atoms with Gasteiger partial charge in [-0.3, -0.25) is 10.1 Å². The second-order valence-electron chi connectivity index (χ2n) is 6.26. The summed E-state index contributed by atoms with van der Waals surface area (Å²) in [6, 6.07) is -0.452. The molecule has 100 valence electrons. The van der Waals surface area contributed by atoms with Crippen LogP contribution in [-0.2, 0) is 0 Å². The van der Waals surface area contributed by atoms with Gasteiger partial charge in [0.2, 0.25) is 6.04 Å². The number of hydrogen-bond donors (Lipinski definition) is 0. The van der Waals surface area contributed by atoms with Gasteiger partial charge in [0.25, 0.3) is 0 Å². The zero-order valence-corrected chi connectivity index (χ0v) is 11.6. The van der Waals surface area contributed by atoms with E-state index in [1.165, 1.54) is 12.0 Å². The van der Waals surface area contributed by atoms with E-state index >= 15 is 0 Å². The van der Waals surface area contributed by atoms with E-state index < -0.39 is 6.04 Å². The monoisotopic (exact) mass is 249 g/mol. The van der Waals surface area contributed by atoms with Gasteiger partial charge >= 0.3 is 0 Å². The van der Waals surface area contributed by atoms with Crippen molar-refractivity contribution < 1.29 is 4.92 Å². The van der Waals surface area contributed by atoms with E-state index in [0.29, 0.717) is 24.2 Å². The minimum atomic E-state index is -0.452. The molecule has 3 nitrogen and oxygen atoms in total. The highest BCUT2D eigenvalue weighted by atomic mass is 16.6. The summed E-state index contributed by atoms with van der Waals surface area (Å²) in [4.78, 5) is 11.1. The molecule has 0 aromatic heterocycles. The van der Waals surface area contributed by atoms with Crippen LogP contribution >= 0.6 is 0 Å². The van der Waals surface area contributed by atoms with Gasteiger partial charge in [-0.15, -0.1) is 0 Å². The molecule has 0 aromatic rings. The Labute approximate surface area is 109 Å². The lowest BCUT2D eigenvalue weighted by Crippen LogP contribution is -2.31. The van der Waals surface area contributed by atoms with Gasteiger partial charge in [0.05, 0.1) is 0 Å². The fraction of sp³-hybridized carbons (Fsp3) is 0.733. The van der Waals surface area contributed by atoms with Gasteiger partial charge in [-0.25, -0.2) is 0 Å². The van der Waals surface area contributed by atoms with Crippen LogP contribution in [0.25, 0.3) is 0 Å². The lowest BCUT2D eigenvalue weighted by molar-refractivity contribution is -0.512. The first kappa shape index (κ1) is 13.3. The molecule has 0 saturated heterocycles. The van der Waals surface area contributed by atoms with Crippen LogP contribution in [0.15, 0.2) is 23.3 Å². The van der Waals surface area contributed by atoms with E-state index in [1.807, 2.05) is 6.08 Å². The Morgan fingerprint density at radius 3 is 2.78 bits per heavy atom. The Bertz CT molecular complexity index is 395. The summed E-state index contributed by atoms with van der Waals surface area (Å²) in [5, 5.41) is 11.2. The van der Waals surface area contributed by atoms with Crippen LogP contribution in [0.2, 0.25) is 0 Å². The third kappa shape index (κ3) is 2.65.